The molecule has 3 amide bonds. The standard InChI is InChI=1S/C39H52N6O6S/c1-7-28(4)37(45-22-21-43(39(45)48)26-36-40-32-15-11-12-16-34(32)42(36)5)38(47)41-33(23-29-13-9-8-10-14-29)35(46)25-44(24-27(2)3)52(49,50)31-19-17-30(51-6)18-20-31/h8-20,27-28,33,35,37,46H,7,21-26H2,1-6H3,(H,41,47)/t28-,33-,35+,37-/m0/s1. The number of benzene rings is 3. The van der Waals surface area contributed by atoms with Crippen LogP contribution in [0.2, 0.25) is 0 Å². The number of carbonyl (C=O) groups is 2. The molecular weight excluding hydrogens is 681 g/mol. The number of aryl methyl sites for hydroxylation is 1. The molecule has 2 N–H and O–H groups in total. The zero-order valence-electron chi connectivity index (χ0n) is 31.0. The summed E-state index contributed by atoms with van der Waals surface area (Å²) in [5.41, 5.74) is 2.70. The van der Waals surface area contributed by atoms with Gasteiger partial charge in [0.25, 0.3) is 0 Å². The highest BCUT2D eigenvalue weighted by Gasteiger charge is 2.41. The van der Waals surface area contributed by atoms with Gasteiger partial charge in [-0.3, -0.25) is 4.79 Å². The lowest BCUT2D eigenvalue weighted by Crippen LogP contribution is -2.57. The molecule has 5 rings (SSSR count). The minimum absolute atomic E-state index is 0.0366. The zero-order valence-corrected chi connectivity index (χ0v) is 31.8. The number of nitrogens with zero attached hydrogens (tertiary/aromatic N) is 5. The topological polar surface area (TPSA) is 137 Å². The molecule has 0 aliphatic carbocycles. The molecule has 3 aromatic carbocycles. The van der Waals surface area contributed by atoms with Crippen molar-refractivity contribution in [2.45, 2.75) is 70.2 Å². The Morgan fingerprint density at radius 2 is 1.65 bits per heavy atom. The number of imidazole rings is 1. The molecule has 0 radical (unpaired) electrons. The highest BCUT2D eigenvalue weighted by Crippen LogP contribution is 2.25. The van der Waals surface area contributed by atoms with Crippen LogP contribution in [0, 0.1) is 11.8 Å². The first-order chi connectivity index (χ1) is 24.8. The van der Waals surface area contributed by atoms with E-state index < -0.39 is 28.2 Å². The zero-order chi connectivity index (χ0) is 37.6. The molecule has 4 atom stereocenters. The van der Waals surface area contributed by atoms with Crippen molar-refractivity contribution in [1.29, 1.82) is 0 Å². The number of methoxy groups -OCH3 is 1. The molecule has 52 heavy (non-hydrogen) atoms. The number of rotatable bonds is 17. The van der Waals surface area contributed by atoms with Crippen molar-refractivity contribution >= 4 is 33.0 Å². The fourth-order valence-electron chi connectivity index (χ4n) is 6.77. The second-order valence-corrected chi connectivity index (χ2v) is 16.0. The molecule has 2 heterocycles. The second kappa shape index (κ2) is 16.9. The number of para-hydroxylation sites is 2. The number of aliphatic hydroxyl groups excluding tert-OH is 1. The van der Waals surface area contributed by atoms with E-state index in [1.165, 1.54) is 23.5 Å². The molecule has 0 unspecified atom stereocenters. The van der Waals surface area contributed by atoms with Crippen LogP contribution < -0.4 is 10.1 Å². The third-order valence-corrected chi connectivity index (χ3v) is 11.7. The molecule has 12 nitrogen and oxygen atoms in total. The van der Waals surface area contributed by atoms with Crippen LogP contribution in [0.25, 0.3) is 11.0 Å². The lowest BCUT2D eigenvalue weighted by Gasteiger charge is -2.35. The third kappa shape index (κ3) is 8.76. The molecule has 1 fully saturated rings. The number of ether oxygens (including phenoxy) is 1. The molecule has 0 spiro atoms. The molecule has 280 valence electrons. The minimum Gasteiger partial charge on any atom is -0.497 e. The SMILES string of the molecule is CC[C@H](C)[C@@H](C(=O)N[C@@H](Cc1ccccc1)[C@H](O)CN(CC(C)C)S(=O)(=O)c1ccc(OC)cc1)N1CCN(Cc2nc3ccccc3n2C)C1=O. The largest absolute Gasteiger partial charge is 0.497 e. The van der Waals surface area contributed by atoms with Gasteiger partial charge in [-0.15, -0.1) is 0 Å². The summed E-state index contributed by atoms with van der Waals surface area (Å²) in [5, 5.41) is 14.9. The normalized spacial score (nSPS) is 16.1. The van der Waals surface area contributed by atoms with Crippen LogP contribution in [0.3, 0.4) is 0 Å². The maximum atomic E-state index is 14.4. The van der Waals surface area contributed by atoms with E-state index in [9.17, 15) is 23.1 Å². The van der Waals surface area contributed by atoms with Gasteiger partial charge in [-0.2, -0.15) is 4.31 Å². The van der Waals surface area contributed by atoms with Gasteiger partial charge in [-0.1, -0.05) is 76.6 Å². The van der Waals surface area contributed by atoms with Gasteiger partial charge in [-0.25, -0.2) is 18.2 Å². The van der Waals surface area contributed by atoms with Crippen molar-refractivity contribution in [3.8, 4) is 5.75 Å². The Morgan fingerprint density at radius 1 is 0.981 bits per heavy atom. The Hall–Kier alpha value is -4.46. The summed E-state index contributed by atoms with van der Waals surface area (Å²) < 4.78 is 36.3. The summed E-state index contributed by atoms with van der Waals surface area (Å²) in [6.07, 6.45) is -0.371. The van der Waals surface area contributed by atoms with E-state index in [0.29, 0.717) is 31.8 Å². The maximum Gasteiger partial charge on any atom is 0.321 e. The average Bonchev–Trinajstić information content (AvgIpc) is 3.65. The molecule has 0 saturated carbocycles. The Balaban J connectivity index is 1.38. The van der Waals surface area contributed by atoms with Gasteiger partial charge >= 0.3 is 6.03 Å². The Morgan fingerprint density at radius 3 is 2.29 bits per heavy atom. The van der Waals surface area contributed by atoms with Crippen LogP contribution in [-0.2, 0) is 34.8 Å². The van der Waals surface area contributed by atoms with Crippen molar-refractivity contribution < 1.29 is 27.9 Å². The van der Waals surface area contributed by atoms with Crippen molar-refractivity contribution in [3.63, 3.8) is 0 Å². The Kier molecular flexibility index (Phi) is 12.6. The summed E-state index contributed by atoms with van der Waals surface area (Å²) in [6, 6.07) is 21.5. The van der Waals surface area contributed by atoms with Crippen LogP contribution in [0.4, 0.5) is 4.79 Å². The van der Waals surface area contributed by atoms with E-state index in [2.05, 4.69) is 5.32 Å². The molecular formula is C39H52N6O6S. The van der Waals surface area contributed by atoms with E-state index in [1.807, 2.05) is 93.9 Å². The number of sulfonamides is 1. The van der Waals surface area contributed by atoms with Gasteiger partial charge in [0.05, 0.1) is 41.7 Å². The van der Waals surface area contributed by atoms with E-state index in [0.717, 1.165) is 22.4 Å². The second-order valence-electron chi connectivity index (χ2n) is 14.1. The predicted molar refractivity (Wildman–Crippen MR) is 201 cm³/mol. The van der Waals surface area contributed by atoms with Crippen LogP contribution in [0.5, 0.6) is 5.75 Å². The van der Waals surface area contributed by atoms with Gasteiger partial charge in [0, 0.05) is 33.2 Å². The van der Waals surface area contributed by atoms with Crippen molar-refractivity contribution in [3.05, 3.63) is 90.3 Å². The fourth-order valence-corrected chi connectivity index (χ4v) is 8.40. The number of hydrogen-bond acceptors (Lipinski definition) is 7. The van der Waals surface area contributed by atoms with Crippen LogP contribution in [0.1, 0.15) is 45.5 Å². The lowest BCUT2D eigenvalue weighted by molar-refractivity contribution is -0.128. The first-order valence-electron chi connectivity index (χ1n) is 18.0. The van der Waals surface area contributed by atoms with Crippen molar-refractivity contribution in [2.75, 3.05) is 33.3 Å². The van der Waals surface area contributed by atoms with Crippen molar-refractivity contribution in [2.24, 2.45) is 18.9 Å². The number of aromatic nitrogens is 2. The number of urea groups is 1. The number of amides is 3. The summed E-state index contributed by atoms with van der Waals surface area (Å²) in [6.45, 7) is 8.77. The Bertz CT molecular complexity index is 1920. The summed E-state index contributed by atoms with van der Waals surface area (Å²) >= 11 is 0. The smallest absolute Gasteiger partial charge is 0.321 e. The van der Waals surface area contributed by atoms with Gasteiger partial charge < -0.3 is 29.5 Å². The molecule has 1 aliphatic heterocycles. The van der Waals surface area contributed by atoms with E-state index in [-0.39, 0.29) is 48.2 Å². The Labute approximate surface area is 307 Å². The predicted octanol–water partition coefficient (Wildman–Crippen LogP) is 4.67. The number of aliphatic hydroxyl groups is 1. The first kappa shape index (κ1) is 38.8. The molecule has 1 aromatic heterocycles. The van der Waals surface area contributed by atoms with Crippen molar-refractivity contribution in [1.82, 2.24) is 29.0 Å². The van der Waals surface area contributed by atoms with Gasteiger partial charge in [-0.05, 0) is 60.2 Å². The summed E-state index contributed by atoms with van der Waals surface area (Å²) in [4.78, 5) is 36.5. The summed E-state index contributed by atoms with van der Waals surface area (Å²) in [7, 11) is -0.566. The molecule has 4 aromatic rings. The molecule has 1 aliphatic rings. The maximum absolute atomic E-state index is 14.4. The molecule has 1 saturated heterocycles. The number of hydrogen-bond donors (Lipinski definition) is 2. The quantitative estimate of drug-likeness (QED) is 0.161. The fraction of sp³-hybridized carbons (Fsp3) is 0.462. The monoisotopic (exact) mass is 732 g/mol. The minimum atomic E-state index is -4.01. The highest BCUT2D eigenvalue weighted by atomic mass is 32.2. The highest BCUT2D eigenvalue weighted by molar-refractivity contribution is 7.89. The molecule has 0 bridgehead atoms. The van der Waals surface area contributed by atoms with Gasteiger partial charge in [0.15, 0.2) is 0 Å². The lowest BCUT2D eigenvalue weighted by atomic mass is 9.95. The molecule has 13 heteroatoms. The van der Waals surface area contributed by atoms with Crippen LogP contribution >= 0.6 is 0 Å². The number of nitrogens with one attached hydrogen (secondary N) is 1. The van der Waals surface area contributed by atoms with Crippen LogP contribution in [-0.4, -0.2) is 101 Å². The van der Waals surface area contributed by atoms with E-state index >= 15 is 0 Å². The van der Waals surface area contributed by atoms with E-state index in [4.69, 9.17) is 9.72 Å². The average molecular weight is 733 g/mol. The van der Waals surface area contributed by atoms with Gasteiger partial charge in [0.1, 0.15) is 17.6 Å². The van der Waals surface area contributed by atoms with Crippen LogP contribution in [0.15, 0.2) is 83.8 Å². The first-order valence-corrected chi connectivity index (χ1v) is 19.4. The number of fused-ring (bicyclic) bond motifs is 1. The van der Waals surface area contributed by atoms with E-state index in [1.54, 1.807) is 21.9 Å². The summed E-state index contributed by atoms with van der Waals surface area (Å²) in [5.74, 6) is 0.663. The third-order valence-electron chi connectivity index (χ3n) is 9.87. The number of carbonyl (C=O) groups excluding carboxylic acids is 2. The van der Waals surface area contributed by atoms with Gasteiger partial charge in [0.2, 0.25) is 15.9 Å².